The van der Waals surface area contributed by atoms with Crippen molar-refractivity contribution >= 4 is 71.4 Å². The molecule has 0 aliphatic carbocycles. The number of para-hydroxylation sites is 2. The Labute approximate surface area is 287 Å². The first-order valence-corrected chi connectivity index (χ1v) is 16.9. The topological polar surface area (TPSA) is 46.8 Å². The van der Waals surface area contributed by atoms with Gasteiger partial charge in [0.05, 0.1) is 22.4 Å². The van der Waals surface area contributed by atoms with Crippen LogP contribution in [0.4, 0.5) is 17.3 Å². The van der Waals surface area contributed by atoms with Gasteiger partial charge in [0.25, 0.3) is 0 Å². The van der Waals surface area contributed by atoms with Crippen molar-refractivity contribution in [1.29, 1.82) is 0 Å². The zero-order chi connectivity index (χ0) is 32.8. The minimum absolute atomic E-state index is 0.568. The molecule has 1 aliphatic rings. The summed E-state index contributed by atoms with van der Waals surface area (Å²) in [5.74, 6) is 1.76. The van der Waals surface area contributed by atoms with E-state index in [9.17, 15) is 0 Å². The minimum atomic E-state index is 0.568. The molecule has 50 heavy (non-hydrogen) atoms. The van der Waals surface area contributed by atoms with Gasteiger partial charge in [0.1, 0.15) is 0 Å². The highest BCUT2D eigenvalue weighted by molar-refractivity contribution is 6.19. The molecule has 0 atom stereocenters. The molecule has 0 radical (unpaired) electrons. The first kappa shape index (κ1) is 27.1. The average Bonchev–Trinajstić information content (AvgIpc) is 3.52. The summed E-state index contributed by atoms with van der Waals surface area (Å²) in [5.41, 5.74) is 7.54. The number of nitrogens with zero attached hydrogens (tertiary/aromatic N) is 5. The number of hydrogen-bond acceptors (Lipinski definition) is 4. The molecule has 0 fully saturated rings. The first-order valence-electron chi connectivity index (χ1n) is 16.9. The maximum Gasteiger partial charge on any atom is 0.240 e. The monoisotopic (exact) mass is 637 g/mol. The van der Waals surface area contributed by atoms with Gasteiger partial charge in [-0.1, -0.05) is 140 Å². The molecule has 0 unspecified atom stereocenters. The minimum Gasteiger partial charge on any atom is -0.278 e. The molecule has 0 spiro atoms. The van der Waals surface area contributed by atoms with Crippen LogP contribution in [-0.4, -0.2) is 19.5 Å². The molecule has 1 aliphatic heterocycles. The molecule has 0 saturated heterocycles. The number of aromatic nitrogens is 4. The number of rotatable bonds is 3. The molecule has 11 rings (SSSR count). The Hall–Kier alpha value is -6.85. The summed E-state index contributed by atoms with van der Waals surface area (Å²) >= 11 is 0. The van der Waals surface area contributed by atoms with Gasteiger partial charge in [-0.3, -0.25) is 9.47 Å². The summed E-state index contributed by atoms with van der Waals surface area (Å²) in [6.07, 6.45) is 0. The normalized spacial score (nSPS) is 12.4. The summed E-state index contributed by atoms with van der Waals surface area (Å²) in [5, 5.41) is 9.30. The van der Waals surface area contributed by atoms with Crippen molar-refractivity contribution in [1.82, 2.24) is 19.5 Å². The number of benzene rings is 8. The number of anilines is 3. The predicted octanol–water partition coefficient (Wildman–Crippen LogP) is 11.5. The molecule has 0 amide bonds. The first-order chi connectivity index (χ1) is 24.8. The third-order valence-corrected chi connectivity index (χ3v) is 10.2. The van der Waals surface area contributed by atoms with Crippen LogP contribution >= 0.6 is 0 Å². The molecule has 5 nitrogen and oxygen atoms in total. The van der Waals surface area contributed by atoms with Crippen molar-refractivity contribution in [2.75, 3.05) is 4.90 Å². The Morgan fingerprint density at radius 3 is 1.68 bits per heavy atom. The van der Waals surface area contributed by atoms with E-state index < -0.39 is 0 Å². The van der Waals surface area contributed by atoms with Crippen LogP contribution in [-0.2, 0) is 0 Å². The Morgan fingerprint density at radius 1 is 0.360 bits per heavy atom. The van der Waals surface area contributed by atoms with Gasteiger partial charge in [-0.25, -0.2) is 0 Å². The molecular weight excluding hydrogens is 611 g/mol. The molecule has 8 aromatic carbocycles. The molecular formula is C45H27N5. The molecule has 0 bridgehead atoms. The second kappa shape index (κ2) is 10.3. The van der Waals surface area contributed by atoms with Crippen molar-refractivity contribution in [2.45, 2.75) is 0 Å². The fourth-order valence-corrected chi connectivity index (χ4v) is 8.02. The van der Waals surface area contributed by atoms with E-state index in [0.29, 0.717) is 17.7 Å². The predicted molar refractivity (Wildman–Crippen MR) is 206 cm³/mol. The lowest BCUT2D eigenvalue weighted by Gasteiger charge is -2.33. The molecule has 2 aromatic heterocycles. The summed E-state index contributed by atoms with van der Waals surface area (Å²) in [4.78, 5) is 18.3. The highest BCUT2D eigenvalue weighted by atomic mass is 15.3. The third kappa shape index (κ3) is 3.80. The molecule has 232 valence electrons. The second-order valence-electron chi connectivity index (χ2n) is 12.9. The van der Waals surface area contributed by atoms with E-state index in [4.69, 9.17) is 15.0 Å². The van der Waals surface area contributed by atoms with Crippen molar-refractivity contribution < 1.29 is 0 Å². The highest BCUT2D eigenvalue weighted by Crippen LogP contribution is 2.52. The maximum absolute atomic E-state index is 5.41. The van der Waals surface area contributed by atoms with Crippen LogP contribution in [0.3, 0.4) is 0 Å². The van der Waals surface area contributed by atoms with Crippen LogP contribution < -0.4 is 4.90 Å². The summed E-state index contributed by atoms with van der Waals surface area (Å²) in [7, 11) is 0. The zero-order valence-corrected chi connectivity index (χ0v) is 26.8. The van der Waals surface area contributed by atoms with Crippen molar-refractivity contribution in [3.63, 3.8) is 0 Å². The quantitative estimate of drug-likeness (QED) is 0.193. The van der Waals surface area contributed by atoms with Gasteiger partial charge in [0.15, 0.2) is 5.82 Å². The van der Waals surface area contributed by atoms with E-state index in [1.54, 1.807) is 0 Å². The highest BCUT2D eigenvalue weighted by Gasteiger charge is 2.30. The maximum atomic E-state index is 5.41. The van der Waals surface area contributed by atoms with E-state index >= 15 is 0 Å². The van der Waals surface area contributed by atoms with Crippen molar-refractivity contribution in [2.24, 2.45) is 0 Å². The van der Waals surface area contributed by atoms with Crippen molar-refractivity contribution in [3.8, 4) is 28.5 Å². The number of fused-ring (bicyclic) bond motifs is 8. The molecule has 5 heteroatoms. The number of hydrogen-bond donors (Lipinski definition) is 0. The van der Waals surface area contributed by atoms with Crippen LogP contribution in [0, 0.1) is 0 Å². The Balaban J connectivity index is 1.28. The van der Waals surface area contributed by atoms with Crippen LogP contribution in [0.15, 0.2) is 164 Å². The fourth-order valence-electron chi connectivity index (χ4n) is 8.02. The standard InChI is InChI=1S/C45H27N5/c1-3-17-31-28(12-1)14-9-21-35(31)43-46-44(49-37-23-7-5-19-33(37)34-20-6-8-24-38(34)49)48-45(47-43)50-39-25-11-16-30-15-10-22-36(41(30)39)42-32-18-4-2-13-29(32)26-27-40(42)50/h1-27H. The molecule has 0 N–H and O–H groups in total. The van der Waals surface area contributed by atoms with Gasteiger partial charge in [-0.2, -0.15) is 15.0 Å². The van der Waals surface area contributed by atoms with Crippen LogP contribution in [0.2, 0.25) is 0 Å². The van der Waals surface area contributed by atoms with Crippen LogP contribution in [0.1, 0.15) is 0 Å². The van der Waals surface area contributed by atoms with Gasteiger partial charge in [0, 0.05) is 27.3 Å². The third-order valence-electron chi connectivity index (χ3n) is 10.2. The van der Waals surface area contributed by atoms with Gasteiger partial charge in [0.2, 0.25) is 11.9 Å². The van der Waals surface area contributed by atoms with E-state index in [1.165, 1.54) is 32.7 Å². The lowest BCUT2D eigenvalue weighted by Crippen LogP contribution is -2.19. The largest absolute Gasteiger partial charge is 0.278 e. The smallest absolute Gasteiger partial charge is 0.240 e. The average molecular weight is 638 g/mol. The van der Waals surface area contributed by atoms with E-state index in [0.717, 1.165) is 49.5 Å². The van der Waals surface area contributed by atoms with Crippen molar-refractivity contribution in [3.05, 3.63) is 164 Å². The Kier molecular flexibility index (Phi) is 5.60. The zero-order valence-electron chi connectivity index (χ0n) is 26.8. The second-order valence-corrected chi connectivity index (χ2v) is 12.9. The summed E-state index contributed by atoms with van der Waals surface area (Å²) < 4.78 is 2.18. The lowest BCUT2D eigenvalue weighted by molar-refractivity contribution is 0.934. The van der Waals surface area contributed by atoms with Gasteiger partial charge in [-0.05, 0) is 56.8 Å². The molecule has 3 heterocycles. The Bertz CT molecular complexity index is 2950. The van der Waals surface area contributed by atoms with E-state index in [2.05, 4.69) is 173 Å². The molecule has 0 saturated carbocycles. The van der Waals surface area contributed by atoms with Crippen LogP contribution in [0.5, 0.6) is 0 Å². The van der Waals surface area contributed by atoms with Crippen LogP contribution in [0.25, 0.3) is 82.6 Å². The summed E-state index contributed by atoms with van der Waals surface area (Å²) in [6.45, 7) is 0. The van der Waals surface area contributed by atoms with Gasteiger partial charge >= 0.3 is 0 Å². The van der Waals surface area contributed by atoms with E-state index in [1.807, 2.05) is 0 Å². The lowest BCUT2D eigenvalue weighted by atomic mass is 9.88. The fraction of sp³-hybridized carbons (Fsp3) is 0. The van der Waals surface area contributed by atoms with E-state index in [-0.39, 0.29) is 0 Å². The molecule has 10 aromatic rings. The van der Waals surface area contributed by atoms with Gasteiger partial charge < -0.3 is 0 Å². The Morgan fingerprint density at radius 2 is 0.920 bits per heavy atom. The SMILES string of the molecule is c1ccc2c(-c3nc(N4c5ccc6ccccc6c5-c5cccc6cccc4c56)nc(-n4c5ccccc5c5ccccc54)n3)cccc2c1. The van der Waals surface area contributed by atoms with Gasteiger partial charge in [-0.15, -0.1) is 0 Å². The summed E-state index contributed by atoms with van der Waals surface area (Å²) in [6, 6.07) is 57.9.